The van der Waals surface area contributed by atoms with Crippen LogP contribution in [0.2, 0.25) is 0 Å². The average molecular weight is 278 g/mol. The third-order valence-corrected chi connectivity index (χ3v) is 5.32. The van der Waals surface area contributed by atoms with Crippen LogP contribution in [0.1, 0.15) is 56.7 Å². The summed E-state index contributed by atoms with van der Waals surface area (Å²) >= 11 is 0. The summed E-state index contributed by atoms with van der Waals surface area (Å²) < 4.78 is 5.44. The highest BCUT2D eigenvalue weighted by Crippen LogP contribution is 2.41. The lowest BCUT2D eigenvalue weighted by Crippen LogP contribution is -2.39. The SMILES string of the molecule is CCC(CN)Cc1nc(C2CC3CCC(C2)N3C)no1. The Kier molecular flexibility index (Phi) is 4.08. The number of aromatic nitrogens is 2. The molecule has 2 saturated heterocycles. The Morgan fingerprint density at radius 1 is 1.35 bits per heavy atom. The van der Waals surface area contributed by atoms with Crippen molar-refractivity contribution in [2.45, 2.75) is 63.5 Å². The molecule has 1 aromatic heterocycles. The molecule has 0 aromatic carbocycles. The molecule has 3 unspecified atom stereocenters. The number of rotatable bonds is 5. The maximum absolute atomic E-state index is 5.75. The van der Waals surface area contributed by atoms with E-state index >= 15 is 0 Å². The van der Waals surface area contributed by atoms with E-state index in [-0.39, 0.29) is 0 Å². The summed E-state index contributed by atoms with van der Waals surface area (Å²) in [5.41, 5.74) is 5.75. The van der Waals surface area contributed by atoms with Crippen molar-refractivity contribution in [3.05, 3.63) is 11.7 Å². The summed E-state index contributed by atoms with van der Waals surface area (Å²) in [5, 5.41) is 4.24. The largest absolute Gasteiger partial charge is 0.339 e. The van der Waals surface area contributed by atoms with Gasteiger partial charge in [0, 0.05) is 24.4 Å². The molecule has 5 heteroatoms. The second-order valence-corrected chi connectivity index (χ2v) is 6.48. The Hall–Kier alpha value is -0.940. The van der Waals surface area contributed by atoms with Gasteiger partial charge in [-0.15, -0.1) is 0 Å². The summed E-state index contributed by atoms with van der Waals surface area (Å²) in [6, 6.07) is 1.43. The van der Waals surface area contributed by atoms with Gasteiger partial charge >= 0.3 is 0 Å². The van der Waals surface area contributed by atoms with Gasteiger partial charge < -0.3 is 15.2 Å². The molecular weight excluding hydrogens is 252 g/mol. The molecule has 2 N–H and O–H groups in total. The molecule has 2 fully saturated rings. The number of hydrogen-bond donors (Lipinski definition) is 1. The zero-order valence-electron chi connectivity index (χ0n) is 12.6. The zero-order valence-corrected chi connectivity index (χ0v) is 12.6. The number of nitrogens with two attached hydrogens (primary N) is 1. The highest BCUT2D eigenvalue weighted by molar-refractivity contribution is 5.05. The first kappa shape index (κ1) is 14.0. The zero-order chi connectivity index (χ0) is 14.1. The minimum Gasteiger partial charge on any atom is -0.339 e. The fourth-order valence-corrected chi connectivity index (χ4v) is 3.78. The van der Waals surface area contributed by atoms with E-state index in [0.717, 1.165) is 24.6 Å². The highest BCUT2D eigenvalue weighted by atomic mass is 16.5. The van der Waals surface area contributed by atoms with Crippen molar-refractivity contribution in [1.82, 2.24) is 15.0 Å². The lowest BCUT2D eigenvalue weighted by Gasteiger charge is -2.34. The summed E-state index contributed by atoms with van der Waals surface area (Å²) in [5.74, 6) is 2.64. The maximum Gasteiger partial charge on any atom is 0.226 e. The van der Waals surface area contributed by atoms with Crippen LogP contribution >= 0.6 is 0 Å². The highest BCUT2D eigenvalue weighted by Gasteiger charge is 2.40. The van der Waals surface area contributed by atoms with E-state index in [1.807, 2.05) is 0 Å². The lowest BCUT2D eigenvalue weighted by atomic mass is 9.90. The first-order chi connectivity index (χ1) is 9.71. The maximum atomic E-state index is 5.75. The first-order valence-electron chi connectivity index (χ1n) is 7.95. The molecule has 0 radical (unpaired) electrons. The minimum absolute atomic E-state index is 0.456. The Balaban J connectivity index is 1.65. The van der Waals surface area contributed by atoms with Crippen molar-refractivity contribution in [2.75, 3.05) is 13.6 Å². The Labute approximate surface area is 120 Å². The fourth-order valence-electron chi connectivity index (χ4n) is 3.78. The van der Waals surface area contributed by atoms with Crippen molar-refractivity contribution in [3.63, 3.8) is 0 Å². The van der Waals surface area contributed by atoms with E-state index in [9.17, 15) is 0 Å². The number of nitrogens with zero attached hydrogens (tertiary/aromatic N) is 3. The minimum atomic E-state index is 0.456. The van der Waals surface area contributed by atoms with Crippen LogP contribution in [0.5, 0.6) is 0 Å². The quantitative estimate of drug-likeness (QED) is 0.891. The van der Waals surface area contributed by atoms with E-state index in [4.69, 9.17) is 10.3 Å². The van der Waals surface area contributed by atoms with Crippen LogP contribution in [-0.4, -0.2) is 40.7 Å². The van der Waals surface area contributed by atoms with Gasteiger partial charge in [-0.1, -0.05) is 18.5 Å². The molecule has 0 amide bonds. The molecule has 0 saturated carbocycles. The van der Waals surface area contributed by atoms with Gasteiger partial charge in [0.15, 0.2) is 5.82 Å². The number of hydrogen-bond acceptors (Lipinski definition) is 5. The molecular formula is C15H26N4O. The van der Waals surface area contributed by atoms with Crippen molar-refractivity contribution in [3.8, 4) is 0 Å². The predicted octanol–water partition coefficient (Wildman–Crippen LogP) is 1.94. The third kappa shape index (κ3) is 2.61. The van der Waals surface area contributed by atoms with E-state index in [0.29, 0.717) is 30.5 Å². The summed E-state index contributed by atoms with van der Waals surface area (Å²) in [6.07, 6.45) is 6.90. The van der Waals surface area contributed by atoms with E-state index < -0.39 is 0 Å². The van der Waals surface area contributed by atoms with Crippen LogP contribution in [0, 0.1) is 5.92 Å². The van der Waals surface area contributed by atoms with Crippen molar-refractivity contribution in [2.24, 2.45) is 11.7 Å². The first-order valence-corrected chi connectivity index (χ1v) is 7.95. The second-order valence-electron chi connectivity index (χ2n) is 6.48. The normalized spacial score (nSPS) is 31.6. The predicted molar refractivity (Wildman–Crippen MR) is 77.4 cm³/mol. The lowest BCUT2D eigenvalue weighted by molar-refractivity contribution is 0.157. The fraction of sp³-hybridized carbons (Fsp3) is 0.867. The van der Waals surface area contributed by atoms with Crippen LogP contribution in [0.4, 0.5) is 0 Å². The molecule has 5 nitrogen and oxygen atoms in total. The molecule has 20 heavy (non-hydrogen) atoms. The smallest absolute Gasteiger partial charge is 0.226 e. The van der Waals surface area contributed by atoms with Gasteiger partial charge in [0.1, 0.15) is 0 Å². The van der Waals surface area contributed by atoms with Crippen LogP contribution in [-0.2, 0) is 6.42 Å². The second kappa shape index (κ2) is 5.82. The molecule has 1 aromatic rings. The van der Waals surface area contributed by atoms with Gasteiger partial charge in [0.25, 0.3) is 0 Å². The van der Waals surface area contributed by atoms with Crippen molar-refractivity contribution >= 4 is 0 Å². The molecule has 2 aliphatic rings. The topological polar surface area (TPSA) is 68.2 Å². The van der Waals surface area contributed by atoms with Crippen LogP contribution in [0.15, 0.2) is 4.52 Å². The van der Waals surface area contributed by atoms with Gasteiger partial charge in [-0.3, -0.25) is 0 Å². The Bertz CT molecular complexity index is 429. The van der Waals surface area contributed by atoms with E-state index in [1.54, 1.807) is 0 Å². The van der Waals surface area contributed by atoms with Gasteiger partial charge in [-0.25, -0.2) is 0 Å². The van der Waals surface area contributed by atoms with Crippen LogP contribution in [0.3, 0.4) is 0 Å². The van der Waals surface area contributed by atoms with Crippen molar-refractivity contribution in [1.29, 1.82) is 0 Å². The molecule has 3 rings (SSSR count). The molecule has 112 valence electrons. The molecule has 2 bridgehead atoms. The van der Waals surface area contributed by atoms with E-state index in [1.165, 1.54) is 25.7 Å². The Morgan fingerprint density at radius 2 is 2.05 bits per heavy atom. The molecule has 0 aliphatic carbocycles. The molecule has 3 atom stereocenters. The van der Waals surface area contributed by atoms with Gasteiger partial charge in [-0.2, -0.15) is 4.98 Å². The molecule has 2 aliphatic heterocycles. The standard InChI is InChI=1S/C15H26N4O/c1-3-10(9-16)6-14-17-15(18-20-14)11-7-12-4-5-13(8-11)19(12)2/h10-13H,3-9,16H2,1-2H3. The third-order valence-electron chi connectivity index (χ3n) is 5.32. The summed E-state index contributed by atoms with van der Waals surface area (Å²) in [4.78, 5) is 7.18. The summed E-state index contributed by atoms with van der Waals surface area (Å²) in [7, 11) is 2.26. The molecule has 3 heterocycles. The van der Waals surface area contributed by atoms with Gasteiger partial charge in [-0.05, 0) is 45.2 Å². The van der Waals surface area contributed by atoms with Gasteiger partial charge in [0.2, 0.25) is 5.89 Å². The number of piperidine rings is 1. The summed E-state index contributed by atoms with van der Waals surface area (Å²) in [6.45, 7) is 2.84. The monoisotopic (exact) mass is 278 g/mol. The Morgan fingerprint density at radius 3 is 2.65 bits per heavy atom. The van der Waals surface area contributed by atoms with Crippen LogP contribution in [0.25, 0.3) is 0 Å². The van der Waals surface area contributed by atoms with Crippen molar-refractivity contribution < 1.29 is 4.52 Å². The molecule has 0 spiro atoms. The van der Waals surface area contributed by atoms with E-state index in [2.05, 4.69) is 29.0 Å². The number of fused-ring (bicyclic) bond motifs is 2. The average Bonchev–Trinajstić information content (AvgIpc) is 2.98. The van der Waals surface area contributed by atoms with Crippen LogP contribution < -0.4 is 5.73 Å². The van der Waals surface area contributed by atoms with Gasteiger partial charge in [0.05, 0.1) is 0 Å².